The first-order valence-corrected chi connectivity index (χ1v) is 6.60. The van der Waals surface area contributed by atoms with Crippen molar-refractivity contribution < 1.29 is 5.21 Å². The SMILES string of the molecule is CCC(CC)C(C)NCCC(C)(C)C(N)=NO. The lowest BCUT2D eigenvalue weighted by Gasteiger charge is -2.26. The largest absolute Gasteiger partial charge is 0.409 e. The van der Waals surface area contributed by atoms with Gasteiger partial charge in [-0.2, -0.15) is 0 Å². The van der Waals surface area contributed by atoms with E-state index in [2.05, 4.69) is 31.2 Å². The van der Waals surface area contributed by atoms with Crippen LogP contribution < -0.4 is 11.1 Å². The van der Waals surface area contributed by atoms with Gasteiger partial charge in [0.1, 0.15) is 5.84 Å². The Morgan fingerprint density at radius 2 is 1.88 bits per heavy atom. The fraction of sp³-hybridized carbons (Fsp3) is 0.923. The Morgan fingerprint density at radius 1 is 1.35 bits per heavy atom. The van der Waals surface area contributed by atoms with Crippen molar-refractivity contribution in [1.29, 1.82) is 0 Å². The zero-order valence-corrected chi connectivity index (χ0v) is 12.0. The second-order valence-electron chi connectivity index (χ2n) is 5.44. The van der Waals surface area contributed by atoms with Crippen molar-refractivity contribution >= 4 is 5.84 Å². The van der Waals surface area contributed by atoms with E-state index >= 15 is 0 Å². The molecule has 102 valence electrons. The summed E-state index contributed by atoms with van der Waals surface area (Å²) in [6.45, 7) is 11.6. The van der Waals surface area contributed by atoms with Crippen LogP contribution in [0.5, 0.6) is 0 Å². The Bertz CT molecular complexity index is 235. The summed E-state index contributed by atoms with van der Waals surface area (Å²) >= 11 is 0. The second kappa shape index (κ2) is 7.54. The smallest absolute Gasteiger partial charge is 0.144 e. The van der Waals surface area contributed by atoms with Crippen LogP contribution in [0.2, 0.25) is 0 Å². The van der Waals surface area contributed by atoms with Gasteiger partial charge in [0.2, 0.25) is 0 Å². The summed E-state index contributed by atoms with van der Waals surface area (Å²) < 4.78 is 0. The molecule has 0 aliphatic carbocycles. The molecule has 0 rings (SSSR count). The second-order valence-corrected chi connectivity index (χ2v) is 5.44. The van der Waals surface area contributed by atoms with E-state index in [1.807, 2.05) is 13.8 Å². The molecule has 0 bridgehead atoms. The molecule has 1 unspecified atom stereocenters. The molecule has 0 spiro atoms. The van der Waals surface area contributed by atoms with Crippen molar-refractivity contribution in [3.63, 3.8) is 0 Å². The summed E-state index contributed by atoms with van der Waals surface area (Å²) in [6, 6.07) is 0.521. The van der Waals surface area contributed by atoms with Gasteiger partial charge in [-0.15, -0.1) is 0 Å². The molecule has 0 aliphatic rings. The lowest BCUT2D eigenvalue weighted by Crippen LogP contribution is -2.39. The van der Waals surface area contributed by atoms with Crippen molar-refractivity contribution in [1.82, 2.24) is 5.32 Å². The van der Waals surface area contributed by atoms with Crippen LogP contribution in [0.25, 0.3) is 0 Å². The maximum atomic E-state index is 8.69. The molecule has 0 amide bonds. The number of nitrogens with zero attached hydrogens (tertiary/aromatic N) is 1. The molecule has 0 aromatic rings. The molecule has 4 heteroatoms. The van der Waals surface area contributed by atoms with E-state index in [0.717, 1.165) is 18.9 Å². The van der Waals surface area contributed by atoms with Gasteiger partial charge >= 0.3 is 0 Å². The molecule has 0 saturated carbocycles. The van der Waals surface area contributed by atoms with E-state index in [4.69, 9.17) is 10.9 Å². The molecule has 0 aromatic carbocycles. The van der Waals surface area contributed by atoms with Crippen LogP contribution in [0.3, 0.4) is 0 Å². The Labute approximate surface area is 106 Å². The topological polar surface area (TPSA) is 70.6 Å². The van der Waals surface area contributed by atoms with Crippen molar-refractivity contribution in [2.45, 2.75) is 59.9 Å². The standard InChI is InChI=1S/C13H29N3O/c1-6-11(7-2)10(3)15-9-8-13(4,5)12(14)16-17/h10-11,15,17H,6-9H2,1-5H3,(H2,14,16). The van der Waals surface area contributed by atoms with Crippen LogP contribution in [0.4, 0.5) is 0 Å². The van der Waals surface area contributed by atoms with E-state index in [9.17, 15) is 0 Å². The highest BCUT2D eigenvalue weighted by molar-refractivity contribution is 5.85. The first-order valence-electron chi connectivity index (χ1n) is 6.60. The number of nitrogens with two attached hydrogens (primary N) is 1. The summed E-state index contributed by atoms with van der Waals surface area (Å²) in [5.41, 5.74) is 5.40. The van der Waals surface area contributed by atoms with Gasteiger partial charge in [0, 0.05) is 11.5 Å². The zero-order chi connectivity index (χ0) is 13.5. The van der Waals surface area contributed by atoms with Gasteiger partial charge < -0.3 is 16.3 Å². The summed E-state index contributed by atoms with van der Waals surface area (Å²) in [7, 11) is 0. The maximum absolute atomic E-state index is 8.69. The van der Waals surface area contributed by atoms with Crippen LogP contribution in [0.15, 0.2) is 5.16 Å². The maximum Gasteiger partial charge on any atom is 0.144 e. The fourth-order valence-corrected chi connectivity index (χ4v) is 2.04. The average Bonchev–Trinajstić information content (AvgIpc) is 2.29. The van der Waals surface area contributed by atoms with Gasteiger partial charge in [-0.1, -0.05) is 45.7 Å². The molecule has 1 atom stereocenters. The van der Waals surface area contributed by atoms with E-state index < -0.39 is 0 Å². The predicted octanol–water partition coefficient (Wildman–Crippen LogP) is 2.56. The van der Waals surface area contributed by atoms with Gasteiger partial charge in [0.25, 0.3) is 0 Å². The van der Waals surface area contributed by atoms with Gasteiger partial charge in [0.05, 0.1) is 0 Å². The third-order valence-corrected chi connectivity index (χ3v) is 3.77. The first-order chi connectivity index (χ1) is 7.88. The average molecular weight is 243 g/mol. The van der Waals surface area contributed by atoms with Crippen LogP contribution in [0, 0.1) is 11.3 Å². The lowest BCUT2D eigenvalue weighted by atomic mass is 9.87. The van der Waals surface area contributed by atoms with Crippen LogP contribution >= 0.6 is 0 Å². The lowest BCUT2D eigenvalue weighted by molar-refractivity contribution is 0.300. The number of oxime groups is 1. The van der Waals surface area contributed by atoms with Crippen molar-refractivity contribution in [2.24, 2.45) is 22.2 Å². The Hall–Kier alpha value is -0.770. The Morgan fingerprint density at radius 3 is 2.29 bits per heavy atom. The van der Waals surface area contributed by atoms with E-state index in [1.165, 1.54) is 12.8 Å². The number of amidine groups is 1. The van der Waals surface area contributed by atoms with Crippen molar-refractivity contribution in [2.75, 3.05) is 6.54 Å². The molecule has 0 saturated heterocycles. The van der Waals surface area contributed by atoms with Gasteiger partial charge in [0.15, 0.2) is 0 Å². The Balaban J connectivity index is 4.07. The molecule has 0 heterocycles. The van der Waals surface area contributed by atoms with Crippen LogP contribution in [-0.4, -0.2) is 23.6 Å². The summed E-state index contributed by atoms with van der Waals surface area (Å²) in [5.74, 6) is 1.02. The van der Waals surface area contributed by atoms with Gasteiger partial charge in [-0.3, -0.25) is 0 Å². The molecular formula is C13H29N3O. The van der Waals surface area contributed by atoms with Gasteiger partial charge in [-0.05, 0) is 25.8 Å². The van der Waals surface area contributed by atoms with Crippen molar-refractivity contribution in [3.05, 3.63) is 0 Å². The van der Waals surface area contributed by atoms with Crippen molar-refractivity contribution in [3.8, 4) is 0 Å². The minimum Gasteiger partial charge on any atom is -0.409 e. The molecule has 4 N–H and O–H groups in total. The minimum atomic E-state index is -0.255. The third-order valence-electron chi connectivity index (χ3n) is 3.77. The summed E-state index contributed by atoms with van der Waals surface area (Å²) in [4.78, 5) is 0. The normalized spacial score (nSPS) is 15.3. The quantitative estimate of drug-likeness (QED) is 0.265. The highest BCUT2D eigenvalue weighted by Crippen LogP contribution is 2.20. The third kappa shape index (κ3) is 5.39. The van der Waals surface area contributed by atoms with Crippen LogP contribution in [-0.2, 0) is 0 Å². The fourth-order valence-electron chi connectivity index (χ4n) is 2.04. The molecule has 4 nitrogen and oxygen atoms in total. The highest BCUT2D eigenvalue weighted by atomic mass is 16.4. The molecule has 0 radical (unpaired) electrons. The zero-order valence-electron chi connectivity index (χ0n) is 12.0. The number of rotatable bonds is 8. The summed E-state index contributed by atoms with van der Waals surface area (Å²) in [6.07, 6.45) is 3.27. The number of nitrogens with one attached hydrogen (secondary N) is 1. The Kier molecular flexibility index (Phi) is 7.19. The molecule has 0 fully saturated rings. The molecular weight excluding hydrogens is 214 g/mol. The predicted molar refractivity (Wildman–Crippen MR) is 73.3 cm³/mol. The first kappa shape index (κ1) is 16.2. The highest BCUT2D eigenvalue weighted by Gasteiger charge is 2.23. The van der Waals surface area contributed by atoms with Gasteiger partial charge in [-0.25, -0.2) is 0 Å². The monoisotopic (exact) mass is 243 g/mol. The molecule has 17 heavy (non-hydrogen) atoms. The van der Waals surface area contributed by atoms with Crippen LogP contribution in [0.1, 0.15) is 53.9 Å². The minimum absolute atomic E-state index is 0.255. The number of hydrogen-bond donors (Lipinski definition) is 3. The molecule has 0 aliphatic heterocycles. The summed E-state index contributed by atoms with van der Waals surface area (Å²) in [5, 5.41) is 15.3. The number of hydrogen-bond acceptors (Lipinski definition) is 3. The molecule has 0 aromatic heterocycles. The van der Waals surface area contributed by atoms with E-state index in [-0.39, 0.29) is 5.41 Å². The van der Waals surface area contributed by atoms with E-state index in [1.54, 1.807) is 0 Å². The van der Waals surface area contributed by atoms with E-state index in [0.29, 0.717) is 11.9 Å².